The second kappa shape index (κ2) is 6.00. The molecule has 4 heteroatoms. The summed E-state index contributed by atoms with van der Waals surface area (Å²) in [4.78, 5) is 12.7. The smallest absolute Gasteiger partial charge is 0.194 e. The summed E-state index contributed by atoms with van der Waals surface area (Å²) in [6, 6.07) is 2.95. The van der Waals surface area contributed by atoms with Gasteiger partial charge >= 0.3 is 0 Å². The van der Waals surface area contributed by atoms with Gasteiger partial charge in [-0.3, -0.25) is 4.79 Å². The minimum atomic E-state index is -0.915. The van der Waals surface area contributed by atoms with Crippen LogP contribution in [0.1, 0.15) is 49.9 Å². The van der Waals surface area contributed by atoms with E-state index in [2.05, 4.69) is 6.92 Å². The molecule has 0 saturated heterocycles. The first-order chi connectivity index (χ1) is 9.47. The molecule has 2 nitrogen and oxygen atoms in total. The van der Waals surface area contributed by atoms with Crippen molar-refractivity contribution in [2.45, 2.75) is 45.1 Å². The van der Waals surface area contributed by atoms with E-state index in [1.165, 1.54) is 0 Å². The van der Waals surface area contributed by atoms with Gasteiger partial charge in [0.05, 0.1) is 0 Å². The van der Waals surface area contributed by atoms with Crippen LogP contribution in [0.2, 0.25) is 0 Å². The maximum atomic E-state index is 13.3. The second-order valence-electron chi connectivity index (χ2n) is 5.60. The zero-order valence-electron chi connectivity index (χ0n) is 11.9. The number of benzene rings is 1. The minimum Gasteiger partial charge on any atom is -0.367 e. The fourth-order valence-electron chi connectivity index (χ4n) is 2.89. The van der Waals surface area contributed by atoms with E-state index in [1.807, 2.05) is 6.92 Å². The summed E-state index contributed by atoms with van der Waals surface area (Å²) in [7, 11) is 0. The molecule has 0 aliphatic heterocycles. The fraction of sp³-hybridized carbons (Fsp3) is 0.562. The van der Waals surface area contributed by atoms with Crippen molar-refractivity contribution in [2.75, 3.05) is 6.61 Å². The highest BCUT2D eigenvalue weighted by Gasteiger charge is 2.42. The predicted molar refractivity (Wildman–Crippen MR) is 72.7 cm³/mol. The van der Waals surface area contributed by atoms with E-state index >= 15 is 0 Å². The number of Topliss-reactive ketones (excluding diaryl/α,β-unsaturated/α-hetero) is 1. The lowest BCUT2D eigenvalue weighted by molar-refractivity contribution is -0.0474. The molecule has 0 aromatic heterocycles. The van der Waals surface area contributed by atoms with Crippen molar-refractivity contribution in [3.63, 3.8) is 0 Å². The molecule has 1 aliphatic carbocycles. The van der Waals surface area contributed by atoms with Crippen molar-refractivity contribution in [2.24, 2.45) is 5.92 Å². The lowest BCUT2D eigenvalue weighted by Crippen LogP contribution is -2.44. The Hall–Kier alpha value is -1.29. The summed E-state index contributed by atoms with van der Waals surface area (Å²) in [5.41, 5.74) is -0.855. The molecule has 0 bridgehead atoms. The SMILES string of the molecule is CCOC1(C(=O)c2cc(F)cc(F)c2)CCC(C)CC1. The van der Waals surface area contributed by atoms with Crippen LogP contribution in [0.25, 0.3) is 0 Å². The third-order valence-electron chi connectivity index (χ3n) is 4.04. The number of hydrogen-bond donors (Lipinski definition) is 0. The van der Waals surface area contributed by atoms with Crippen molar-refractivity contribution in [3.05, 3.63) is 35.4 Å². The minimum absolute atomic E-state index is 0.0607. The Morgan fingerprint density at radius 3 is 2.30 bits per heavy atom. The molecule has 0 radical (unpaired) electrons. The van der Waals surface area contributed by atoms with Crippen LogP contribution >= 0.6 is 0 Å². The lowest BCUT2D eigenvalue weighted by atomic mass is 9.75. The number of ketones is 1. The van der Waals surface area contributed by atoms with Gasteiger partial charge in [-0.1, -0.05) is 6.92 Å². The van der Waals surface area contributed by atoms with Crippen LogP contribution in [-0.2, 0) is 4.74 Å². The van der Waals surface area contributed by atoms with Crippen molar-refractivity contribution < 1.29 is 18.3 Å². The summed E-state index contributed by atoms with van der Waals surface area (Å²) in [5.74, 6) is -1.21. The number of rotatable bonds is 4. The van der Waals surface area contributed by atoms with Crippen LogP contribution < -0.4 is 0 Å². The van der Waals surface area contributed by atoms with Gasteiger partial charge in [0.25, 0.3) is 0 Å². The van der Waals surface area contributed by atoms with Crippen LogP contribution in [0.15, 0.2) is 18.2 Å². The molecule has 0 atom stereocenters. The standard InChI is InChI=1S/C16H20F2O2/c1-3-20-16(6-4-11(2)5-7-16)15(19)12-8-13(17)10-14(18)9-12/h8-11H,3-7H2,1-2H3. The summed E-state index contributed by atoms with van der Waals surface area (Å²) in [6.07, 6.45) is 3.00. The molecule has 1 fully saturated rings. The van der Waals surface area contributed by atoms with Gasteiger partial charge in [-0.2, -0.15) is 0 Å². The zero-order valence-corrected chi connectivity index (χ0v) is 11.9. The van der Waals surface area contributed by atoms with Gasteiger partial charge in [0, 0.05) is 18.2 Å². The van der Waals surface area contributed by atoms with Crippen LogP contribution in [0.3, 0.4) is 0 Å². The molecule has 1 aliphatic rings. The highest BCUT2D eigenvalue weighted by atomic mass is 19.1. The largest absolute Gasteiger partial charge is 0.367 e. The van der Waals surface area contributed by atoms with Gasteiger partial charge in [0.15, 0.2) is 5.78 Å². The van der Waals surface area contributed by atoms with Crippen molar-refractivity contribution in [1.82, 2.24) is 0 Å². The van der Waals surface area contributed by atoms with Crippen molar-refractivity contribution in [3.8, 4) is 0 Å². The molecule has 0 spiro atoms. The van der Waals surface area contributed by atoms with Crippen molar-refractivity contribution in [1.29, 1.82) is 0 Å². The van der Waals surface area contributed by atoms with E-state index in [0.29, 0.717) is 25.4 Å². The molecular formula is C16H20F2O2. The van der Waals surface area contributed by atoms with E-state index in [4.69, 9.17) is 4.74 Å². The Labute approximate surface area is 118 Å². The zero-order chi connectivity index (χ0) is 14.8. The molecule has 0 heterocycles. The molecule has 0 amide bonds. The topological polar surface area (TPSA) is 26.3 Å². The Morgan fingerprint density at radius 1 is 1.25 bits per heavy atom. The Balaban J connectivity index is 2.31. The number of halogens is 2. The normalized spacial score (nSPS) is 26.5. The number of carbonyl (C=O) groups excluding carboxylic acids is 1. The number of carbonyl (C=O) groups is 1. The van der Waals surface area contributed by atoms with Gasteiger partial charge in [-0.15, -0.1) is 0 Å². The average Bonchev–Trinajstić information content (AvgIpc) is 2.40. The quantitative estimate of drug-likeness (QED) is 0.776. The molecule has 20 heavy (non-hydrogen) atoms. The van der Waals surface area contributed by atoms with Crippen molar-refractivity contribution >= 4 is 5.78 Å². The van der Waals surface area contributed by atoms with E-state index in [0.717, 1.165) is 31.0 Å². The molecule has 2 rings (SSSR count). The van der Waals surface area contributed by atoms with Gasteiger partial charge in [0.2, 0.25) is 0 Å². The second-order valence-corrected chi connectivity index (χ2v) is 5.60. The first-order valence-corrected chi connectivity index (χ1v) is 7.11. The maximum Gasteiger partial charge on any atom is 0.194 e. The fourth-order valence-corrected chi connectivity index (χ4v) is 2.89. The van der Waals surface area contributed by atoms with Crippen LogP contribution in [0.4, 0.5) is 8.78 Å². The molecule has 110 valence electrons. The Morgan fingerprint density at radius 2 is 1.80 bits per heavy atom. The number of hydrogen-bond acceptors (Lipinski definition) is 2. The van der Waals surface area contributed by atoms with Crippen LogP contribution in [0, 0.1) is 17.6 Å². The Bertz CT molecular complexity index is 471. The van der Waals surface area contributed by atoms with Gasteiger partial charge in [0.1, 0.15) is 17.2 Å². The summed E-state index contributed by atoms with van der Waals surface area (Å²) < 4.78 is 32.3. The highest BCUT2D eigenvalue weighted by molar-refractivity contribution is 6.02. The maximum absolute atomic E-state index is 13.3. The van der Waals surface area contributed by atoms with E-state index in [-0.39, 0.29) is 11.3 Å². The lowest BCUT2D eigenvalue weighted by Gasteiger charge is -2.37. The van der Waals surface area contributed by atoms with E-state index < -0.39 is 17.2 Å². The first-order valence-electron chi connectivity index (χ1n) is 7.11. The monoisotopic (exact) mass is 282 g/mol. The summed E-state index contributed by atoms with van der Waals surface area (Å²) in [5, 5.41) is 0. The van der Waals surface area contributed by atoms with Crippen LogP contribution in [0.5, 0.6) is 0 Å². The van der Waals surface area contributed by atoms with Gasteiger partial charge in [-0.05, 0) is 50.7 Å². The van der Waals surface area contributed by atoms with E-state index in [1.54, 1.807) is 0 Å². The van der Waals surface area contributed by atoms with Crippen LogP contribution in [-0.4, -0.2) is 18.0 Å². The third-order valence-corrected chi connectivity index (χ3v) is 4.04. The molecular weight excluding hydrogens is 262 g/mol. The average molecular weight is 282 g/mol. The number of ether oxygens (including phenoxy) is 1. The molecule has 0 unspecified atom stereocenters. The molecule has 1 aromatic carbocycles. The first kappa shape index (κ1) is 15.1. The molecule has 1 saturated carbocycles. The van der Waals surface area contributed by atoms with Gasteiger partial charge < -0.3 is 4.74 Å². The molecule has 1 aromatic rings. The Kier molecular flexibility index (Phi) is 4.53. The van der Waals surface area contributed by atoms with Gasteiger partial charge in [-0.25, -0.2) is 8.78 Å². The molecule has 0 N–H and O–H groups in total. The third kappa shape index (κ3) is 3.06. The highest BCUT2D eigenvalue weighted by Crippen LogP contribution is 2.37. The van der Waals surface area contributed by atoms with E-state index in [9.17, 15) is 13.6 Å². The summed E-state index contributed by atoms with van der Waals surface area (Å²) in [6.45, 7) is 4.39. The summed E-state index contributed by atoms with van der Waals surface area (Å²) >= 11 is 0. The predicted octanol–water partition coefficient (Wildman–Crippen LogP) is 4.13.